The van der Waals surface area contributed by atoms with Gasteiger partial charge in [-0.25, -0.2) is 13.2 Å². The summed E-state index contributed by atoms with van der Waals surface area (Å²) in [5.74, 6) is -0.803. The van der Waals surface area contributed by atoms with Crippen LogP contribution in [0.5, 0.6) is 0 Å². The van der Waals surface area contributed by atoms with E-state index in [1.54, 1.807) is 55.5 Å². The number of fused-ring (bicyclic) bond motifs is 1. The lowest BCUT2D eigenvalue weighted by Crippen LogP contribution is -2.29. The first-order valence-corrected chi connectivity index (χ1v) is 14.7. The molecule has 1 N–H and O–H groups in total. The highest BCUT2D eigenvalue weighted by Crippen LogP contribution is 2.39. The van der Waals surface area contributed by atoms with Gasteiger partial charge in [0.1, 0.15) is 5.00 Å². The minimum absolute atomic E-state index is 0.130. The number of hydrogen-bond donors (Lipinski definition) is 1. The largest absolute Gasteiger partial charge is 0.462 e. The third-order valence-electron chi connectivity index (χ3n) is 5.94. The molecule has 0 aliphatic heterocycles. The molecule has 1 amide bonds. The predicted molar refractivity (Wildman–Crippen MR) is 144 cm³/mol. The van der Waals surface area contributed by atoms with Crippen molar-refractivity contribution >= 4 is 55.5 Å². The molecule has 0 radical (unpaired) electrons. The van der Waals surface area contributed by atoms with Crippen LogP contribution in [-0.4, -0.2) is 33.2 Å². The van der Waals surface area contributed by atoms with Crippen molar-refractivity contribution in [1.29, 1.82) is 0 Å². The van der Waals surface area contributed by atoms with Crippen molar-refractivity contribution in [3.8, 4) is 0 Å². The van der Waals surface area contributed by atoms with Gasteiger partial charge in [0.2, 0.25) is 10.0 Å². The summed E-state index contributed by atoms with van der Waals surface area (Å²) in [6, 6.07) is 13.3. The number of ether oxygens (including phenoxy) is 1. The zero-order valence-electron chi connectivity index (χ0n) is 20.0. The van der Waals surface area contributed by atoms with Crippen molar-refractivity contribution in [3.63, 3.8) is 0 Å². The van der Waals surface area contributed by atoms with Crippen molar-refractivity contribution in [2.75, 3.05) is 22.5 Å². The lowest BCUT2D eigenvalue weighted by Gasteiger charge is -2.23. The molecule has 10 heteroatoms. The Hall–Kier alpha value is -2.88. The molecule has 0 spiro atoms. The fourth-order valence-electron chi connectivity index (χ4n) is 4.18. The summed E-state index contributed by atoms with van der Waals surface area (Å²) in [6.07, 6.45) is 4.86. The van der Waals surface area contributed by atoms with Crippen LogP contribution in [0.2, 0.25) is 5.02 Å². The second-order valence-corrected chi connectivity index (χ2v) is 12.0. The number of esters is 1. The lowest BCUT2D eigenvalue weighted by molar-refractivity contribution is 0.0526. The van der Waals surface area contributed by atoms with Gasteiger partial charge in [0.15, 0.2) is 0 Å². The summed E-state index contributed by atoms with van der Waals surface area (Å²) in [4.78, 5) is 26.8. The van der Waals surface area contributed by atoms with Gasteiger partial charge in [-0.15, -0.1) is 11.3 Å². The van der Waals surface area contributed by atoms with Gasteiger partial charge in [0, 0.05) is 15.5 Å². The van der Waals surface area contributed by atoms with Crippen LogP contribution in [0, 0.1) is 0 Å². The zero-order chi connectivity index (χ0) is 25.9. The van der Waals surface area contributed by atoms with Crippen LogP contribution in [0.15, 0.2) is 48.5 Å². The SMILES string of the molecule is CCOC(=O)c1c(NC(=O)c2ccc(N(Cc3ccc(Cl)cc3)S(C)(=O)=O)cc2)sc2c1CCCC2. The molecule has 3 aromatic rings. The Morgan fingerprint density at radius 1 is 1.06 bits per heavy atom. The topological polar surface area (TPSA) is 92.8 Å². The first kappa shape index (κ1) is 26.2. The van der Waals surface area contributed by atoms with Crippen molar-refractivity contribution in [2.24, 2.45) is 0 Å². The molecule has 1 heterocycles. The van der Waals surface area contributed by atoms with Crippen LogP contribution < -0.4 is 9.62 Å². The van der Waals surface area contributed by atoms with Gasteiger partial charge in [0.25, 0.3) is 5.91 Å². The number of nitrogens with one attached hydrogen (secondary N) is 1. The van der Waals surface area contributed by atoms with Crippen molar-refractivity contribution in [3.05, 3.63) is 80.7 Å². The fraction of sp³-hybridized carbons (Fsp3) is 0.308. The quantitative estimate of drug-likeness (QED) is 0.367. The number of carbonyl (C=O) groups excluding carboxylic acids is 2. The summed E-state index contributed by atoms with van der Waals surface area (Å²) < 4.78 is 31.5. The number of carbonyl (C=O) groups is 2. The Labute approximate surface area is 220 Å². The molecule has 0 saturated carbocycles. The van der Waals surface area contributed by atoms with Gasteiger partial charge in [-0.2, -0.15) is 0 Å². The molecule has 0 bridgehead atoms. The van der Waals surface area contributed by atoms with Gasteiger partial charge in [-0.05, 0) is 80.1 Å². The molecule has 1 aliphatic carbocycles. The first-order valence-electron chi connectivity index (χ1n) is 11.6. The Morgan fingerprint density at radius 2 is 1.72 bits per heavy atom. The van der Waals surface area contributed by atoms with Crippen LogP contribution in [0.25, 0.3) is 0 Å². The summed E-state index contributed by atoms with van der Waals surface area (Å²) in [6.45, 7) is 2.14. The first-order chi connectivity index (χ1) is 17.2. The number of anilines is 2. The second kappa shape index (κ2) is 11.0. The Kier molecular flexibility index (Phi) is 8.02. The van der Waals surface area contributed by atoms with Crippen molar-refractivity contribution in [1.82, 2.24) is 0 Å². The van der Waals surface area contributed by atoms with Crippen LogP contribution in [0.4, 0.5) is 10.7 Å². The maximum absolute atomic E-state index is 13.1. The fourth-order valence-corrected chi connectivity index (χ4v) is 6.47. The Balaban J connectivity index is 1.56. The van der Waals surface area contributed by atoms with Crippen LogP contribution in [0.3, 0.4) is 0 Å². The highest BCUT2D eigenvalue weighted by atomic mass is 35.5. The molecule has 2 aromatic carbocycles. The van der Waals surface area contributed by atoms with Crippen molar-refractivity contribution in [2.45, 2.75) is 39.2 Å². The summed E-state index contributed by atoms with van der Waals surface area (Å²) in [5.41, 5.74) is 2.98. The van der Waals surface area contributed by atoms with Gasteiger partial charge >= 0.3 is 5.97 Å². The van der Waals surface area contributed by atoms with Gasteiger partial charge < -0.3 is 10.1 Å². The number of aryl methyl sites for hydroxylation is 1. The van der Waals surface area contributed by atoms with E-state index < -0.39 is 16.0 Å². The van der Waals surface area contributed by atoms with Crippen molar-refractivity contribution < 1.29 is 22.7 Å². The molecular formula is C26H27ClN2O5S2. The number of hydrogen-bond acceptors (Lipinski definition) is 6. The zero-order valence-corrected chi connectivity index (χ0v) is 22.4. The molecule has 190 valence electrons. The number of benzene rings is 2. The average molecular weight is 547 g/mol. The smallest absolute Gasteiger partial charge is 0.341 e. The molecule has 7 nitrogen and oxygen atoms in total. The van der Waals surface area contributed by atoms with Gasteiger partial charge in [-0.1, -0.05) is 23.7 Å². The van der Waals surface area contributed by atoms with E-state index in [1.165, 1.54) is 15.6 Å². The standard InChI is InChI=1S/C26H27ClN2O5S2/c1-3-34-26(31)23-21-6-4-5-7-22(21)35-25(23)28-24(30)18-10-14-20(15-11-18)29(36(2,32)33)16-17-8-12-19(27)13-9-17/h8-15H,3-7,16H2,1-2H3,(H,28,30). The molecule has 4 rings (SSSR count). The van der Waals surface area contributed by atoms with E-state index in [-0.39, 0.29) is 19.1 Å². The summed E-state index contributed by atoms with van der Waals surface area (Å²) >= 11 is 7.36. The average Bonchev–Trinajstić information content (AvgIpc) is 3.21. The highest BCUT2D eigenvalue weighted by molar-refractivity contribution is 7.92. The normalized spacial score (nSPS) is 13.1. The number of amides is 1. The number of nitrogens with zero attached hydrogens (tertiary/aromatic N) is 1. The molecule has 0 atom stereocenters. The molecule has 0 unspecified atom stereocenters. The second-order valence-electron chi connectivity index (χ2n) is 8.53. The number of sulfonamides is 1. The van der Waals surface area contributed by atoms with Crippen LogP contribution in [0.1, 0.15) is 56.5 Å². The van der Waals surface area contributed by atoms with E-state index in [0.717, 1.165) is 47.9 Å². The van der Waals surface area contributed by atoms with E-state index in [9.17, 15) is 18.0 Å². The minimum atomic E-state index is -3.58. The predicted octanol–water partition coefficient (Wildman–Crippen LogP) is 5.68. The maximum Gasteiger partial charge on any atom is 0.341 e. The third-order valence-corrected chi connectivity index (χ3v) is 8.53. The van der Waals surface area contributed by atoms with Crippen LogP contribution >= 0.6 is 22.9 Å². The molecule has 0 saturated heterocycles. The maximum atomic E-state index is 13.1. The molecule has 36 heavy (non-hydrogen) atoms. The van der Waals surface area contributed by atoms with E-state index in [4.69, 9.17) is 16.3 Å². The Morgan fingerprint density at radius 3 is 2.36 bits per heavy atom. The van der Waals surface area contributed by atoms with E-state index in [0.29, 0.717) is 26.8 Å². The molecule has 0 fully saturated rings. The van der Waals surface area contributed by atoms with E-state index >= 15 is 0 Å². The minimum Gasteiger partial charge on any atom is -0.462 e. The number of halogens is 1. The summed E-state index contributed by atoms with van der Waals surface area (Å²) in [5, 5.41) is 3.94. The molecule has 1 aromatic heterocycles. The molecule has 1 aliphatic rings. The molecular weight excluding hydrogens is 520 g/mol. The number of rotatable bonds is 8. The van der Waals surface area contributed by atoms with Crippen LogP contribution in [-0.2, 0) is 34.1 Å². The van der Waals surface area contributed by atoms with Gasteiger partial charge in [0.05, 0.1) is 30.7 Å². The highest BCUT2D eigenvalue weighted by Gasteiger charge is 2.27. The summed E-state index contributed by atoms with van der Waals surface area (Å²) in [7, 11) is -3.58. The Bertz CT molecular complexity index is 1370. The van der Waals surface area contributed by atoms with E-state index in [2.05, 4.69) is 5.32 Å². The monoisotopic (exact) mass is 546 g/mol. The van der Waals surface area contributed by atoms with Gasteiger partial charge in [-0.3, -0.25) is 9.10 Å². The lowest BCUT2D eigenvalue weighted by atomic mass is 9.95. The third kappa shape index (κ3) is 5.91. The van der Waals surface area contributed by atoms with E-state index in [1.807, 2.05) is 0 Å². The number of thiophene rings is 1.